The molecular weight excluding hydrogens is 172 g/mol. The summed E-state index contributed by atoms with van der Waals surface area (Å²) in [6.07, 6.45) is 1.07. The maximum Gasteiger partial charge on any atom is 0.146 e. The molecule has 1 aromatic heterocycles. The molecule has 0 atom stereocenters. The normalized spacial score (nSPS) is 10.5. The molecule has 0 amide bonds. The zero-order chi connectivity index (χ0) is 8.81. The Bertz CT molecular complexity index is 225. The van der Waals surface area contributed by atoms with Crippen molar-refractivity contribution in [1.82, 2.24) is 5.16 Å². The topological polar surface area (TPSA) is 52.0 Å². The Hall–Kier alpha value is -0.480. The van der Waals surface area contributed by atoms with E-state index in [2.05, 4.69) is 5.16 Å². The van der Waals surface area contributed by atoms with Crippen LogP contribution in [0, 0.1) is 6.92 Å². The molecule has 0 aromatic carbocycles. The van der Waals surface area contributed by atoms with Crippen molar-refractivity contribution < 1.29 is 4.52 Å². The summed E-state index contributed by atoms with van der Waals surface area (Å²) in [4.78, 5) is 0. The third kappa shape index (κ3) is 3.28. The van der Waals surface area contributed by atoms with Gasteiger partial charge in [0.1, 0.15) is 5.76 Å². The van der Waals surface area contributed by atoms with E-state index < -0.39 is 0 Å². The zero-order valence-electron chi connectivity index (χ0n) is 7.25. The number of rotatable bonds is 5. The number of hydrogen-bond donors (Lipinski definition) is 1. The highest BCUT2D eigenvalue weighted by Crippen LogP contribution is 2.13. The molecule has 0 saturated heterocycles. The minimum Gasteiger partial charge on any atom is -0.360 e. The summed E-state index contributed by atoms with van der Waals surface area (Å²) >= 11 is 1.83. The van der Waals surface area contributed by atoms with Crippen molar-refractivity contribution in [3.63, 3.8) is 0 Å². The van der Waals surface area contributed by atoms with Crippen LogP contribution in [-0.4, -0.2) is 17.5 Å². The Morgan fingerprint density at radius 2 is 2.50 bits per heavy atom. The highest BCUT2D eigenvalue weighted by atomic mass is 32.2. The van der Waals surface area contributed by atoms with E-state index in [1.807, 2.05) is 24.8 Å². The van der Waals surface area contributed by atoms with Gasteiger partial charge in [-0.1, -0.05) is 5.16 Å². The highest BCUT2D eigenvalue weighted by molar-refractivity contribution is 7.98. The molecule has 3 nitrogen and oxygen atoms in total. The van der Waals surface area contributed by atoms with Gasteiger partial charge < -0.3 is 10.3 Å². The number of aryl methyl sites for hydroxylation is 1. The Labute approximate surface area is 76.7 Å². The molecule has 2 N–H and O–H groups in total. The van der Waals surface area contributed by atoms with Gasteiger partial charge in [0, 0.05) is 6.07 Å². The molecule has 68 valence electrons. The number of thioether (sulfide) groups is 1. The monoisotopic (exact) mass is 186 g/mol. The predicted molar refractivity (Wildman–Crippen MR) is 51.1 cm³/mol. The number of hydrogen-bond acceptors (Lipinski definition) is 4. The molecule has 0 saturated carbocycles. The maximum absolute atomic E-state index is 5.36. The summed E-state index contributed by atoms with van der Waals surface area (Å²) < 4.78 is 5.04. The molecule has 12 heavy (non-hydrogen) atoms. The SMILES string of the molecule is Cc1cc(CSCCCN)on1. The molecule has 4 heteroatoms. The second-order valence-corrected chi connectivity index (χ2v) is 3.73. The molecule has 0 aliphatic rings. The quantitative estimate of drug-likeness (QED) is 0.709. The zero-order valence-corrected chi connectivity index (χ0v) is 8.06. The van der Waals surface area contributed by atoms with E-state index in [1.165, 1.54) is 0 Å². The Kier molecular flexibility index (Phi) is 4.18. The predicted octanol–water partition coefficient (Wildman–Crippen LogP) is 1.57. The van der Waals surface area contributed by atoms with Crippen molar-refractivity contribution in [2.24, 2.45) is 5.73 Å². The van der Waals surface area contributed by atoms with Crippen LogP contribution in [-0.2, 0) is 5.75 Å². The fourth-order valence-electron chi connectivity index (χ4n) is 0.842. The number of nitrogens with zero attached hydrogens (tertiary/aromatic N) is 1. The molecule has 0 bridgehead atoms. The van der Waals surface area contributed by atoms with Gasteiger partial charge >= 0.3 is 0 Å². The average Bonchev–Trinajstić information content (AvgIpc) is 2.45. The average molecular weight is 186 g/mol. The van der Waals surface area contributed by atoms with Crippen LogP contribution in [0.15, 0.2) is 10.6 Å². The van der Waals surface area contributed by atoms with Crippen molar-refractivity contribution >= 4 is 11.8 Å². The Morgan fingerprint density at radius 3 is 3.08 bits per heavy atom. The number of aromatic nitrogens is 1. The second-order valence-electron chi connectivity index (χ2n) is 2.63. The third-order valence-corrected chi connectivity index (χ3v) is 2.48. The van der Waals surface area contributed by atoms with Crippen LogP contribution >= 0.6 is 11.8 Å². The van der Waals surface area contributed by atoms with Crippen LogP contribution in [0.2, 0.25) is 0 Å². The lowest BCUT2D eigenvalue weighted by atomic mass is 10.4. The third-order valence-electron chi connectivity index (χ3n) is 1.41. The summed E-state index contributed by atoms with van der Waals surface area (Å²) in [7, 11) is 0. The first-order valence-electron chi connectivity index (χ1n) is 4.03. The first-order valence-corrected chi connectivity index (χ1v) is 5.18. The molecule has 1 aromatic rings. The van der Waals surface area contributed by atoms with Gasteiger partial charge in [-0.25, -0.2) is 0 Å². The van der Waals surface area contributed by atoms with Crippen molar-refractivity contribution in [3.05, 3.63) is 17.5 Å². The fraction of sp³-hybridized carbons (Fsp3) is 0.625. The molecule has 0 spiro atoms. The van der Waals surface area contributed by atoms with E-state index in [9.17, 15) is 0 Å². The van der Waals surface area contributed by atoms with Crippen molar-refractivity contribution in [2.45, 2.75) is 19.1 Å². The summed E-state index contributed by atoms with van der Waals surface area (Å²) in [5.41, 5.74) is 6.31. The van der Waals surface area contributed by atoms with Crippen LogP contribution in [0.1, 0.15) is 17.9 Å². The van der Waals surface area contributed by atoms with Crippen molar-refractivity contribution in [2.75, 3.05) is 12.3 Å². The van der Waals surface area contributed by atoms with Gasteiger partial charge in [-0.05, 0) is 25.6 Å². The smallest absolute Gasteiger partial charge is 0.146 e. The molecule has 0 unspecified atom stereocenters. The molecule has 0 aliphatic heterocycles. The highest BCUT2D eigenvalue weighted by Gasteiger charge is 1.99. The van der Waals surface area contributed by atoms with Crippen molar-refractivity contribution in [3.8, 4) is 0 Å². The largest absolute Gasteiger partial charge is 0.360 e. The van der Waals surface area contributed by atoms with E-state index in [0.29, 0.717) is 0 Å². The first-order chi connectivity index (χ1) is 5.83. The lowest BCUT2D eigenvalue weighted by Gasteiger charge is -1.94. The molecule has 0 fully saturated rings. The van der Waals surface area contributed by atoms with Crippen LogP contribution in [0.5, 0.6) is 0 Å². The second kappa shape index (κ2) is 5.22. The van der Waals surface area contributed by atoms with Gasteiger partial charge in [-0.3, -0.25) is 0 Å². The summed E-state index contributed by atoms with van der Waals surface area (Å²) in [5.74, 6) is 2.95. The van der Waals surface area contributed by atoms with Crippen LogP contribution in [0.3, 0.4) is 0 Å². The van der Waals surface area contributed by atoms with E-state index in [1.54, 1.807) is 0 Å². The first kappa shape index (κ1) is 9.61. The van der Waals surface area contributed by atoms with Crippen LogP contribution in [0.25, 0.3) is 0 Å². The molecule has 0 aliphatic carbocycles. The van der Waals surface area contributed by atoms with E-state index in [0.717, 1.165) is 35.9 Å². The van der Waals surface area contributed by atoms with Gasteiger partial charge in [-0.15, -0.1) is 0 Å². The van der Waals surface area contributed by atoms with Gasteiger partial charge in [0.2, 0.25) is 0 Å². The standard InChI is InChI=1S/C8H14N2OS/c1-7-5-8(11-10-7)6-12-4-2-3-9/h5H,2-4,6,9H2,1H3. The Morgan fingerprint density at radius 1 is 1.67 bits per heavy atom. The molecular formula is C8H14N2OS. The van der Waals surface area contributed by atoms with Gasteiger partial charge in [0.15, 0.2) is 0 Å². The minimum absolute atomic E-state index is 0.766. The van der Waals surface area contributed by atoms with Crippen LogP contribution < -0.4 is 5.73 Å². The molecule has 1 heterocycles. The van der Waals surface area contributed by atoms with E-state index >= 15 is 0 Å². The molecule has 1 rings (SSSR count). The maximum atomic E-state index is 5.36. The number of nitrogens with two attached hydrogens (primary N) is 1. The minimum atomic E-state index is 0.766. The summed E-state index contributed by atoms with van der Waals surface area (Å²) in [5, 5.41) is 3.80. The van der Waals surface area contributed by atoms with Crippen LogP contribution in [0.4, 0.5) is 0 Å². The lowest BCUT2D eigenvalue weighted by molar-refractivity contribution is 0.391. The fourth-order valence-corrected chi connectivity index (χ4v) is 1.69. The van der Waals surface area contributed by atoms with E-state index in [-0.39, 0.29) is 0 Å². The molecule has 0 radical (unpaired) electrons. The van der Waals surface area contributed by atoms with Crippen molar-refractivity contribution in [1.29, 1.82) is 0 Å². The van der Waals surface area contributed by atoms with Gasteiger partial charge in [0.25, 0.3) is 0 Å². The Balaban J connectivity index is 2.15. The summed E-state index contributed by atoms with van der Waals surface area (Å²) in [6.45, 7) is 2.69. The van der Waals surface area contributed by atoms with Gasteiger partial charge in [0.05, 0.1) is 11.4 Å². The van der Waals surface area contributed by atoms with Gasteiger partial charge in [-0.2, -0.15) is 11.8 Å². The lowest BCUT2D eigenvalue weighted by Crippen LogP contribution is -1.99. The van der Waals surface area contributed by atoms with E-state index in [4.69, 9.17) is 10.3 Å². The summed E-state index contributed by atoms with van der Waals surface area (Å²) in [6, 6.07) is 1.97.